The Morgan fingerprint density at radius 3 is 2.88 bits per heavy atom. The van der Waals surface area contributed by atoms with Gasteiger partial charge in [-0.3, -0.25) is 0 Å². The number of benzene rings is 1. The minimum Gasteiger partial charge on any atom is -0.371 e. The zero-order valence-electron chi connectivity index (χ0n) is 10.6. The number of fused-ring (bicyclic) bond motifs is 1. The van der Waals surface area contributed by atoms with Gasteiger partial charge in [-0.2, -0.15) is 0 Å². The fourth-order valence-corrected chi connectivity index (χ4v) is 2.56. The van der Waals surface area contributed by atoms with E-state index < -0.39 is 0 Å². The lowest BCUT2D eigenvalue weighted by molar-refractivity contribution is 0.622. The Morgan fingerprint density at radius 1 is 1.38 bits per heavy atom. The van der Waals surface area contributed by atoms with E-state index in [0.717, 1.165) is 12.5 Å². The highest BCUT2D eigenvalue weighted by Crippen LogP contribution is 2.31. The zero-order chi connectivity index (χ0) is 11.5. The molecule has 0 radical (unpaired) electrons. The second-order valence-electron chi connectivity index (χ2n) is 5.04. The number of hydrogen-bond acceptors (Lipinski definition) is 2. The predicted octanol–water partition coefficient (Wildman–Crippen LogP) is 2.42. The van der Waals surface area contributed by atoms with Gasteiger partial charge in [0, 0.05) is 25.3 Å². The van der Waals surface area contributed by atoms with Crippen molar-refractivity contribution in [3.05, 3.63) is 29.3 Å². The number of hydrogen-bond donors (Lipinski definition) is 1. The summed E-state index contributed by atoms with van der Waals surface area (Å²) in [5.41, 5.74) is 4.48. The van der Waals surface area contributed by atoms with Gasteiger partial charge in [-0.05, 0) is 36.6 Å². The summed E-state index contributed by atoms with van der Waals surface area (Å²) in [6.45, 7) is 7.92. The van der Waals surface area contributed by atoms with Crippen molar-refractivity contribution in [2.45, 2.75) is 26.8 Å². The molecular weight excluding hydrogens is 196 g/mol. The van der Waals surface area contributed by atoms with Crippen LogP contribution in [-0.4, -0.2) is 20.1 Å². The van der Waals surface area contributed by atoms with E-state index in [-0.39, 0.29) is 0 Å². The van der Waals surface area contributed by atoms with Crippen molar-refractivity contribution in [3.8, 4) is 0 Å². The maximum absolute atomic E-state index is 3.25. The summed E-state index contributed by atoms with van der Waals surface area (Å²) in [6.07, 6.45) is 1.21. The van der Waals surface area contributed by atoms with Crippen LogP contribution in [0, 0.1) is 5.92 Å². The average Bonchev–Trinajstić information content (AvgIpc) is 2.63. The van der Waals surface area contributed by atoms with Gasteiger partial charge in [0.05, 0.1) is 0 Å². The summed E-state index contributed by atoms with van der Waals surface area (Å²) in [5, 5.41) is 3.25. The molecular formula is C14H22N2. The molecule has 1 N–H and O–H groups in total. The highest BCUT2D eigenvalue weighted by Gasteiger charge is 2.21. The van der Waals surface area contributed by atoms with Gasteiger partial charge in [0.2, 0.25) is 0 Å². The molecule has 88 valence electrons. The number of nitrogens with zero attached hydrogens (tertiary/aromatic N) is 1. The van der Waals surface area contributed by atoms with Gasteiger partial charge in [-0.1, -0.05) is 26.0 Å². The van der Waals surface area contributed by atoms with E-state index in [1.165, 1.54) is 30.8 Å². The lowest BCUT2D eigenvalue weighted by Crippen LogP contribution is -2.25. The van der Waals surface area contributed by atoms with Crippen LogP contribution >= 0.6 is 0 Å². The SMILES string of the molecule is CNCc1cccc2c1CCN2CC(C)C. The topological polar surface area (TPSA) is 15.3 Å². The van der Waals surface area contributed by atoms with Crippen LogP contribution in [0.4, 0.5) is 5.69 Å². The molecule has 2 rings (SSSR count). The quantitative estimate of drug-likeness (QED) is 0.835. The molecule has 0 saturated carbocycles. The first-order valence-corrected chi connectivity index (χ1v) is 6.22. The van der Waals surface area contributed by atoms with Crippen molar-refractivity contribution in [1.82, 2.24) is 5.32 Å². The van der Waals surface area contributed by atoms with E-state index in [1.54, 1.807) is 5.56 Å². The second-order valence-corrected chi connectivity index (χ2v) is 5.04. The third-order valence-corrected chi connectivity index (χ3v) is 3.17. The minimum atomic E-state index is 0.735. The summed E-state index contributed by atoms with van der Waals surface area (Å²) < 4.78 is 0. The van der Waals surface area contributed by atoms with Crippen LogP contribution in [0.2, 0.25) is 0 Å². The van der Waals surface area contributed by atoms with E-state index in [0.29, 0.717) is 0 Å². The molecule has 1 aliphatic rings. The van der Waals surface area contributed by atoms with Crippen molar-refractivity contribution in [2.75, 3.05) is 25.0 Å². The van der Waals surface area contributed by atoms with Crippen molar-refractivity contribution >= 4 is 5.69 Å². The first-order valence-electron chi connectivity index (χ1n) is 6.22. The molecule has 2 nitrogen and oxygen atoms in total. The summed E-state index contributed by atoms with van der Waals surface area (Å²) >= 11 is 0. The van der Waals surface area contributed by atoms with E-state index in [9.17, 15) is 0 Å². The summed E-state index contributed by atoms with van der Waals surface area (Å²) in [7, 11) is 2.01. The fraction of sp³-hybridized carbons (Fsp3) is 0.571. The maximum Gasteiger partial charge on any atom is 0.0402 e. The third kappa shape index (κ3) is 2.22. The maximum atomic E-state index is 3.25. The Balaban J connectivity index is 2.23. The molecule has 0 atom stereocenters. The third-order valence-electron chi connectivity index (χ3n) is 3.17. The van der Waals surface area contributed by atoms with Crippen LogP contribution in [-0.2, 0) is 13.0 Å². The number of rotatable bonds is 4. The number of nitrogens with one attached hydrogen (secondary N) is 1. The lowest BCUT2D eigenvalue weighted by Gasteiger charge is -2.21. The Kier molecular flexibility index (Phi) is 3.49. The van der Waals surface area contributed by atoms with Gasteiger partial charge < -0.3 is 10.2 Å². The minimum absolute atomic E-state index is 0.735. The molecule has 0 bridgehead atoms. The lowest BCUT2D eigenvalue weighted by atomic mass is 10.0. The summed E-state index contributed by atoms with van der Waals surface area (Å²) in [4.78, 5) is 2.53. The van der Waals surface area contributed by atoms with Crippen molar-refractivity contribution in [2.24, 2.45) is 5.92 Å². The highest BCUT2D eigenvalue weighted by molar-refractivity contribution is 5.60. The molecule has 0 saturated heterocycles. The van der Waals surface area contributed by atoms with E-state index >= 15 is 0 Å². The number of anilines is 1. The average molecular weight is 218 g/mol. The van der Waals surface area contributed by atoms with E-state index in [4.69, 9.17) is 0 Å². The van der Waals surface area contributed by atoms with Crippen LogP contribution < -0.4 is 10.2 Å². The van der Waals surface area contributed by atoms with Gasteiger partial charge in [0.1, 0.15) is 0 Å². The smallest absolute Gasteiger partial charge is 0.0402 e. The van der Waals surface area contributed by atoms with Gasteiger partial charge in [0.25, 0.3) is 0 Å². The predicted molar refractivity (Wildman–Crippen MR) is 70.0 cm³/mol. The zero-order valence-corrected chi connectivity index (χ0v) is 10.6. The van der Waals surface area contributed by atoms with Crippen molar-refractivity contribution < 1.29 is 0 Å². The van der Waals surface area contributed by atoms with Crippen molar-refractivity contribution in [1.29, 1.82) is 0 Å². The normalized spacial score (nSPS) is 14.6. The van der Waals surface area contributed by atoms with Gasteiger partial charge in [0.15, 0.2) is 0 Å². The van der Waals surface area contributed by atoms with Gasteiger partial charge in [-0.15, -0.1) is 0 Å². The second kappa shape index (κ2) is 4.88. The van der Waals surface area contributed by atoms with Crippen LogP contribution in [0.1, 0.15) is 25.0 Å². The highest BCUT2D eigenvalue weighted by atomic mass is 15.1. The van der Waals surface area contributed by atoms with E-state index in [1.807, 2.05) is 7.05 Å². The molecule has 1 aromatic rings. The Hall–Kier alpha value is -1.02. The Morgan fingerprint density at radius 2 is 2.19 bits per heavy atom. The van der Waals surface area contributed by atoms with Crippen LogP contribution in [0.3, 0.4) is 0 Å². The molecule has 0 aliphatic carbocycles. The van der Waals surface area contributed by atoms with E-state index in [2.05, 4.69) is 42.3 Å². The first kappa shape index (κ1) is 11.5. The molecule has 0 unspecified atom stereocenters. The van der Waals surface area contributed by atoms with Gasteiger partial charge in [-0.25, -0.2) is 0 Å². The Bertz CT molecular complexity index is 358. The molecule has 0 fully saturated rings. The molecule has 0 spiro atoms. The summed E-state index contributed by atoms with van der Waals surface area (Å²) in [6, 6.07) is 6.70. The molecule has 0 aromatic heterocycles. The van der Waals surface area contributed by atoms with Crippen LogP contribution in [0.25, 0.3) is 0 Å². The molecule has 1 heterocycles. The van der Waals surface area contributed by atoms with Crippen LogP contribution in [0.5, 0.6) is 0 Å². The largest absolute Gasteiger partial charge is 0.371 e. The molecule has 16 heavy (non-hydrogen) atoms. The molecule has 2 heteroatoms. The standard InChI is InChI=1S/C14H22N2/c1-11(2)10-16-8-7-13-12(9-15-3)5-4-6-14(13)16/h4-6,11,15H,7-10H2,1-3H3. The Labute approximate surface area is 98.7 Å². The fourth-order valence-electron chi connectivity index (χ4n) is 2.56. The molecule has 1 aliphatic heterocycles. The summed E-state index contributed by atoms with van der Waals surface area (Å²) in [5.74, 6) is 0.735. The van der Waals surface area contributed by atoms with Crippen molar-refractivity contribution in [3.63, 3.8) is 0 Å². The van der Waals surface area contributed by atoms with Crippen LogP contribution in [0.15, 0.2) is 18.2 Å². The molecule has 0 amide bonds. The molecule has 1 aromatic carbocycles. The van der Waals surface area contributed by atoms with Gasteiger partial charge >= 0.3 is 0 Å². The monoisotopic (exact) mass is 218 g/mol. The first-order chi connectivity index (χ1) is 7.72.